The average Bonchev–Trinajstić information content (AvgIpc) is 1.97. The van der Waals surface area contributed by atoms with Gasteiger partial charge >= 0.3 is 90.5 Å². The van der Waals surface area contributed by atoms with Crippen molar-refractivity contribution in [2.24, 2.45) is 0 Å². The van der Waals surface area contributed by atoms with Gasteiger partial charge in [0.2, 0.25) is 0 Å². The zero-order valence-electron chi connectivity index (χ0n) is 6.74. The monoisotopic (exact) mass is 492 g/mol. The molecule has 0 aliphatic rings. The molecule has 0 aromatic heterocycles. The van der Waals surface area contributed by atoms with Gasteiger partial charge in [0.05, 0.1) is 0 Å². The second-order valence-corrected chi connectivity index (χ2v) is 4.18. The maximum atomic E-state index is 5.45. The molecule has 0 N–H and O–H groups in total. The molecule has 0 spiro atoms. The summed E-state index contributed by atoms with van der Waals surface area (Å²) >= 11 is 2.97. The molecule has 0 unspecified atom stereocenters. The molecule has 1 nitrogen and oxygen atoms in total. The zero-order chi connectivity index (χ0) is 8.69. The predicted molar refractivity (Wildman–Crippen MR) is 41.3 cm³/mol. The van der Waals surface area contributed by atoms with E-state index in [1.165, 1.54) is 44.3 Å². The van der Waals surface area contributed by atoms with Crippen molar-refractivity contribution in [1.29, 1.82) is 0 Å². The first-order chi connectivity index (χ1) is 5.20. The fourth-order valence-corrected chi connectivity index (χ4v) is 1.63. The van der Waals surface area contributed by atoms with Gasteiger partial charge in [-0.05, 0) is 0 Å². The fraction of sp³-hybridized carbons (Fsp3) is 0.500. The van der Waals surface area contributed by atoms with Crippen LogP contribution in [0, 0.1) is 0 Å². The van der Waals surface area contributed by atoms with Crippen LogP contribution < -0.4 is 0 Å². The van der Waals surface area contributed by atoms with Crippen LogP contribution in [0.2, 0.25) is 0 Å². The zero-order valence-corrected chi connectivity index (χ0v) is 12.6. The Morgan fingerprint density at radius 1 is 1.45 bits per heavy atom. The third-order valence-electron chi connectivity index (χ3n) is 1.02. The molecule has 0 aromatic rings. The Balaban J connectivity index is 3.79. The van der Waals surface area contributed by atoms with Gasteiger partial charge in [-0.1, -0.05) is 0 Å². The summed E-state index contributed by atoms with van der Waals surface area (Å²) in [6, 6.07) is 0. The third kappa shape index (κ3) is 7.19. The molecule has 0 radical (unpaired) electrons. The van der Waals surface area contributed by atoms with E-state index < -0.39 is 0 Å². The fourth-order valence-electron chi connectivity index (χ4n) is 0.472. The summed E-state index contributed by atoms with van der Waals surface area (Å²) < 4.78 is 9.74. The van der Waals surface area contributed by atoms with E-state index in [4.69, 9.17) is 4.74 Å². The van der Waals surface area contributed by atoms with E-state index >= 15 is 0 Å². The topological polar surface area (TPSA) is 9.23 Å². The molecule has 0 heterocycles. The van der Waals surface area contributed by atoms with E-state index in [0.29, 0.717) is 6.10 Å². The Hall–Kier alpha value is 0.817. The van der Waals surface area contributed by atoms with Gasteiger partial charge in [-0.15, -0.1) is 0 Å². The van der Waals surface area contributed by atoms with Crippen LogP contribution in [0.25, 0.3) is 0 Å². The SMILES string of the molecule is CC(C)OCC([CH]=[W])=C[CH]=[W]. The van der Waals surface area contributed by atoms with Crippen molar-refractivity contribution in [3.8, 4) is 0 Å². The van der Waals surface area contributed by atoms with E-state index in [2.05, 4.69) is 28.7 Å². The van der Waals surface area contributed by atoms with E-state index in [-0.39, 0.29) is 0 Å². The average molecular weight is 492 g/mol. The van der Waals surface area contributed by atoms with Gasteiger partial charge in [0, 0.05) is 0 Å². The van der Waals surface area contributed by atoms with Crippen molar-refractivity contribution in [1.82, 2.24) is 0 Å². The summed E-state index contributed by atoms with van der Waals surface area (Å²) in [5.74, 6) is 0. The van der Waals surface area contributed by atoms with Crippen LogP contribution >= 0.6 is 0 Å². The summed E-state index contributed by atoms with van der Waals surface area (Å²) in [5.41, 5.74) is 1.30. The summed E-state index contributed by atoms with van der Waals surface area (Å²) in [6.07, 6.45) is 2.46. The van der Waals surface area contributed by atoms with E-state index in [1.54, 1.807) is 0 Å². The van der Waals surface area contributed by atoms with Crippen molar-refractivity contribution in [2.75, 3.05) is 6.61 Å². The molecule has 0 atom stereocenters. The summed E-state index contributed by atoms with van der Waals surface area (Å²) in [6.45, 7) is 4.87. The molecule has 0 amide bonds. The molecule has 0 aliphatic heterocycles. The Kier molecular flexibility index (Phi) is 8.02. The van der Waals surface area contributed by atoms with Crippen LogP contribution in [-0.2, 0) is 43.4 Å². The van der Waals surface area contributed by atoms with Crippen molar-refractivity contribution in [3.05, 3.63) is 11.6 Å². The second kappa shape index (κ2) is 7.46. The molecule has 0 saturated carbocycles. The summed E-state index contributed by atoms with van der Waals surface area (Å²) in [7, 11) is 0. The van der Waals surface area contributed by atoms with Crippen LogP contribution in [0.3, 0.4) is 0 Å². The minimum atomic E-state index is 0.331. The van der Waals surface area contributed by atoms with Crippen LogP contribution in [-0.4, -0.2) is 21.5 Å². The van der Waals surface area contributed by atoms with Gasteiger partial charge in [-0.2, -0.15) is 0 Å². The summed E-state index contributed by atoms with van der Waals surface area (Å²) in [4.78, 5) is 0. The van der Waals surface area contributed by atoms with Gasteiger partial charge in [-0.3, -0.25) is 0 Å². The molecular formula is C8H12OW2. The van der Waals surface area contributed by atoms with Gasteiger partial charge < -0.3 is 0 Å². The Labute approximate surface area is 90.0 Å². The van der Waals surface area contributed by atoms with E-state index in [0.717, 1.165) is 6.61 Å². The Morgan fingerprint density at radius 2 is 2.09 bits per heavy atom. The van der Waals surface area contributed by atoms with Crippen molar-refractivity contribution >= 4 is 8.80 Å². The van der Waals surface area contributed by atoms with Crippen LogP contribution in [0.1, 0.15) is 13.8 Å². The molecule has 0 aliphatic carbocycles. The van der Waals surface area contributed by atoms with Crippen molar-refractivity contribution < 1.29 is 43.4 Å². The predicted octanol–water partition coefficient (Wildman–Crippen LogP) is 1.04. The maximum absolute atomic E-state index is 5.45. The molecule has 0 bridgehead atoms. The first-order valence-corrected chi connectivity index (χ1v) is 6.80. The van der Waals surface area contributed by atoms with E-state index in [9.17, 15) is 0 Å². The first-order valence-electron chi connectivity index (χ1n) is 3.41. The minimum absolute atomic E-state index is 0.331. The molecule has 3 heteroatoms. The van der Waals surface area contributed by atoms with Crippen LogP contribution in [0.5, 0.6) is 0 Å². The normalized spacial score (nSPS) is 11.7. The molecule has 0 saturated heterocycles. The summed E-state index contributed by atoms with van der Waals surface area (Å²) in [5, 5.41) is 0. The molecule has 11 heavy (non-hydrogen) atoms. The van der Waals surface area contributed by atoms with Crippen molar-refractivity contribution in [3.63, 3.8) is 0 Å². The van der Waals surface area contributed by atoms with Gasteiger partial charge in [0.1, 0.15) is 0 Å². The molecule has 0 aromatic carbocycles. The van der Waals surface area contributed by atoms with Crippen LogP contribution in [0.15, 0.2) is 11.6 Å². The van der Waals surface area contributed by atoms with Gasteiger partial charge in [-0.25, -0.2) is 0 Å². The number of hydrogen-bond donors (Lipinski definition) is 0. The van der Waals surface area contributed by atoms with Gasteiger partial charge in [0.25, 0.3) is 0 Å². The standard InChI is InChI=1S/C8H12O.2W/c1-5-8(4)6-9-7(2)3;;/h1,4-5,7H,6H2,2-3H3;;. The van der Waals surface area contributed by atoms with Crippen LogP contribution in [0.4, 0.5) is 0 Å². The quantitative estimate of drug-likeness (QED) is 0.558. The molecule has 0 fully saturated rings. The molecule has 0 rings (SSSR count). The molecular weight excluding hydrogens is 480 g/mol. The Morgan fingerprint density at radius 3 is 2.45 bits per heavy atom. The number of hydrogen-bond acceptors (Lipinski definition) is 1. The number of rotatable bonds is 5. The van der Waals surface area contributed by atoms with Crippen molar-refractivity contribution in [2.45, 2.75) is 20.0 Å². The van der Waals surface area contributed by atoms with Gasteiger partial charge in [0.15, 0.2) is 0 Å². The Bertz CT molecular complexity index is 161. The number of ether oxygens (including phenoxy) is 1. The third-order valence-corrected chi connectivity index (χ3v) is 2.59. The molecule has 62 valence electrons. The number of allylic oxidation sites excluding steroid dienone is 1. The van der Waals surface area contributed by atoms with E-state index in [1.807, 2.05) is 0 Å². The second-order valence-electron chi connectivity index (χ2n) is 2.36. The first kappa shape index (κ1) is 11.8.